The van der Waals surface area contributed by atoms with Crippen LogP contribution in [0.4, 0.5) is 0 Å². The Hall–Kier alpha value is -2.69. The summed E-state index contributed by atoms with van der Waals surface area (Å²) in [6.07, 6.45) is 8.66. The standard InChI is InChI=1S/C19H23N3O5/c20-12-19(8-4-1-5-9-19)21-15(23)11-27-16(24)10-22-17(25)13-6-2-3-7-14(13)18(22)26/h2-3,13-14H,1,4-11H2,(H,21,23)/t13-,14-/m0/s1. The molecule has 0 aromatic heterocycles. The minimum Gasteiger partial charge on any atom is -0.454 e. The van der Waals surface area contributed by atoms with Crippen molar-refractivity contribution < 1.29 is 23.9 Å². The molecule has 0 radical (unpaired) electrons. The van der Waals surface area contributed by atoms with Crippen LogP contribution in [0.5, 0.6) is 0 Å². The van der Waals surface area contributed by atoms with E-state index >= 15 is 0 Å². The number of fused-ring (bicyclic) bond motifs is 1. The zero-order valence-corrected chi connectivity index (χ0v) is 15.1. The number of likely N-dealkylation sites (tertiary alicyclic amines) is 1. The summed E-state index contributed by atoms with van der Waals surface area (Å²) >= 11 is 0. The fourth-order valence-corrected chi connectivity index (χ4v) is 4.07. The van der Waals surface area contributed by atoms with Crippen LogP contribution in [0.1, 0.15) is 44.9 Å². The van der Waals surface area contributed by atoms with E-state index in [9.17, 15) is 24.4 Å². The second-order valence-corrected chi connectivity index (χ2v) is 7.38. The molecule has 8 heteroatoms. The molecule has 2 atom stereocenters. The average Bonchev–Trinajstić information content (AvgIpc) is 2.92. The smallest absolute Gasteiger partial charge is 0.326 e. The second kappa shape index (κ2) is 7.91. The van der Waals surface area contributed by atoms with Gasteiger partial charge < -0.3 is 10.1 Å². The highest BCUT2D eigenvalue weighted by Gasteiger charge is 2.47. The molecule has 1 heterocycles. The van der Waals surface area contributed by atoms with Gasteiger partial charge in [-0.05, 0) is 25.7 Å². The van der Waals surface area contributed by atoms with Gasteiger partial charge in [0, 0.05) is 0 Å². The molecular formula is C19H23N3O5. The van der Waals surface area contributed by atoms with Crippen LogP contribution in [0.2, 0.25) is 0 Å². The van der Waals surface area contributed by atoms with Gasteiger partial charge in [-0.3, -0.25) is 24.1 Å². The van der Waals surface area contributed by atoms with Crippen molar-refractivity contribution in [1.82, 2.24) is 10.2 Å². The number of ether oxygens (including phenoxy) is 1. The number of hydrogen-bond donors (Lipinski definition) is 1. The molecule has 144 valence electrons. The van der Waals surface area contributed by atoms with Gasteiger partial charge >= 0.3 is 5.97 Å². The van der Waals surface area contributed by atoms with Gasteiger partial charge in [0.15, 0.2) is 6.61 Å². The summed E-state index contributed by atoms with van der Waals surface area (Å²) in [7, 11) is 0. The van der Waals surface area contributed by atoms with Crippen LogP contribution in [-0.2, 0) is 23.9 Å². The third-order valence-electron chi connectivity index (χ3n) is 5.55. The molecule has 8 nitrogen and oxygen atoms in total. The molecule has 1 aliphatic heterocycles. The van der Waals surface area contributed by atoms with Crippen molar-refractivity contribution in [2.45, 2.75) is 50.5 Å². The molecule has 0 aromatic rings. The summed E-state index contributed by atoms with van der Waals surface area (Å²) in [5.41, 5.74) is -0.898. The summed E-state index contributed by atoms with van der Waals surface area (Å²) in [5.74, 6) is -2.89. The minimum absolute atomic E-state index is 0.360. The Kier molecular flexibility index (Phi) is 5.59. The van der Waals surface area contributed by atoms with E-state index in [2.05, 4.69) is 11.4 Å². The maximum atomic E-state index is 12.3. The van der Waals surface area contributed by atoms with E-state index in [4.69, 9.17) is 4.74 Å². The Labute approximate surface area is 157 Å². The van der Waals surface area contributed by atoms with Gasteiger partial charge in [0.2, 0.25) is 11.8 Å². The molecule has 2 aliphatic carbocycles. The van der Waals surface area contributed by atoms with Crippen LogP contribution in [0.3, 0.4) is 0 Å². The predicted octanol–water partition coefficient (Wildman–Crippen LogP) is 0.823. The summed E-state index contributed by atoms with van der Waals surface area (Å²) < 4.78 is 4.92. The Balaban J connectivity index is 1.48. The van der Waals surface area contributed by atoms with Crippen molar-refractivity contribution in [3.05, 3.63) is 12.2 Å². The highest BCUT2D eigenvalue weighted by Crippen LogP contribution is 2.34. The van der Waals surface area contributed by atoms with Crippen LogP contribution in [0.25, 0.3) is 0 Å². The van der Waals surface area contributed by atoms with Gasteiger partial charge in [-0.2, -0.15) is 5.26 Å². The molecule has 0 bridgehead atoms. The third-order valence-corrected chi connectivity index (χ3v) is 5.55. The molecule has 1 N–H and O–H groups in total. The van der Waals surface area contributed by atoms with Crippen molar-refractivity contribution in [1.29, 1.82) is 5.26 Å². The number of hydrogen-bond acceptors (Lipinski definition) is 6. The van der Waals surface area contributed by atoms with Crippen LogP contribution in [0, 0.1) is 23.2 Å². The molecule has 1 saturated carbocycles. The summed E-state index contributed by atoms with van der Waals surface area (Å²) in [6, 6.07) is 2.16. The SMILES string of the molecule is N#CC1(NC(=O)COC(=O)CN2C(=O)[C@H]3CC=CC[C@@H]3C2=O)CCCCC1. The van der Waals surface area contributed by atoms with E-state index in [0.717, 1.165) is 24.2 Å². The van der Waals surface area contributed by atoms with Gasteiger partial charge in [0.1, 0.15) is 12.1 Å². The van der Waals surface area contributed by atoms with Gasteiger partial charge in [0.25, 0.3) is 5.91 Å². The summed E-state index contributed by atoms with van der Waals surface area (Å²) in [4.78, 5) is 49.6. The minimum atomic E-state index is -0.898. The zero-order chi connectivity index (χ0) is 19.4. The Morgan fingerprint density at radius 1 is 1.15 bits per heavy atom. The molecule has 1 saturated heterocycles. The van der Waals surface area contributed by atoms with Crippen LogP contribution < -0.4 is 5.32 Å². The number of rotatable bonds is 5. The Morgan fingerprint density at radius 2 is 1.74 bits per heavy atom. The molecule has 27 heavy (non-hydrogen) atoms. The number of imide groups is 1. The van der Waals surface area contributed by atoms with Crippen LogP contribution in [-0.4, -0.2) is 47.3 Å². The van der Waals surface area contributed by atoms with E-state index in [1.54, 1.807) is 0 Å². The first kappa shape index (κ1) is 19.1. The molecule has 0 spiro atoms. The number of carbonyl (C=O) groups excluding carboxylic acids is 4. The normalized spacial score (nSPS) is 26.3. The van der Waals surface area contributed by atoms with E-state index in [-0.39, 0.29) is 11.8 Å². The molecule has 0 unspecified atom stereocenters. The van der Waals surface area contributed by atoms with Crippen molar-refractivity contribution in [3.8, 4) is 6.07 Å². The van der Waals surface area contributed by atoms with Crippen molar-refractivity contribution in [2.75, 3.05) is 13.2 Å². The number of esters is 1. The van der Waals surface area contributed by atoms with Gasteiger partial charge in [-0.15, -0.1) is 0 Å². The van der Waals surface area contributed by atoms with Crippen molar-refractivity contribution in [3.63, 3.8) is 0 Å². The Morgan fingerprint density at radius 3 is 2.30 bits per heavy atom. The molecule has 3 amide bonds. The summed E-state index contributed by atoms with van der Waals surface area (Å²) in [6.45, 7) is -1.02. The lowest BCUT2D eigenvalue weighted by Crippen LogP contribution is -2.50. The molecule has 2 fully saturated rings. The van der Waals surface area contributed by atoms with E-state index in [0.29, 0.717) is 25.7 Å². The first-order valence-electron chi connectivity index (χ1n) is 9.34. The fourth-order valence-electron chi connectivity index (χ4n) is 4.07. The molecule has 0 aromatic carbocycles. The lowest BCUT2D eigenvalue weighted by molar-refractivity contribution is -0.155. The number of nitrogens with one attached hydrogen (secondary N) is 1. The maximum absolute atomic E-state index is 12.3. The molecule has 3 aliphatic rings. The van der Waals surface area contributed by atoms with Crippen LogP contribution in [0.15, 0.2) is 12.2 Å². The average molecular weight is 373 g/mol. The monoisotopic (exact) mass is 373 g/mol. The van der Waals surface area contributed by atoms with Crippen molar-refractivity contribution in [2.24, 2.45) is 11.8 Å². The first-order chi connectivity index (χ1) is 13.0. The zero-order valence-electron chi connectivity index (χ0n) is 15.1. The number of carbonyl (C=O) groups is 4. The summed E-state index contributed by atoms with van der Waals surface area (Å²) in [5, 5.41) is 12.0. The third kappa shape index (κ3) is 4.02. The number of nitrogens with zero attached hydrogens (tertiary/aromatic N) is 2. The lowest BCUT2D eigenvalue weighted by Gasteiger charge is -2.31. The second-order valence-electron chi connectivity index (χ2n) is 7.38. The Bertz CT molecular complexity index is 691. The molecule has 3 rings (SSSR count). The highest BCUT2D eigenvalue weighted by molar-refractivity contribution is 6.07. The lowest BCUT2D eigenvalue weighted by atomic mass is 9.83. The maximum Gasteiger partial charge on any atom is 0.326 e. The topological polar surface area (TPSA) is 117 Å². The van der Waals surface area contributed by atoms with E-state index < -0.39 is 42.4 Å². The van der Waals surface area contributed by atoms with Crippen molar-refractivity contribution >= 4 is 23.7 Å². The number of amides is 3. The van der Waals surface area contributed by atoms with Crippen LogP contribution >= 0.6 is 0 Å². The largest absolute Gasteiger partial charge is 0.454 e. The van der Waals surface area contributed by atoms with Gasteiger partial charge in [-0.1, -0.05) is 31.4 Å². The van der Waals surface area contributed by atoms with E-state index in [1.165, 1.54) is 0 Å². The van der Waals surface area contributed by atoms with Gasteiger partial charge in [0.05, 0.1) is 17.9 Å². The van der Waals surface area contributed by atoms with Gasteiger partial charge in [-0.25, -0.2) is 0 Å². The number of nitriles is 1. The number of allylic oxidation sites excluding steroid dienone is 2. The highest BCUT2D eigenvalue weighted by atomic mass is 16.5. The fraction of sp³-hybridized carbons (Fsp3) is 0.632. The van der Waals surface area contributed by atoms with E-state index in [1.807, 2.05) is 12.2 Å². The molecular weight excluding hydrogens is 350 g/mol. The first-order valence-corrected chi connectivity index (χ1v) is 9.34. The quantitative estimate of drug-likeness (QED) is 0.433. The predicted molar refractivity (Wildman–Crippen MR) is 92.6 cm³/mol.